The van der Waals surface area contributed by atoms with Crippen molar-refractivity contribution >= 4 is 23.5 Å². The summed E-state index contributed by atoms with van der Waals surface area (Å²) in [6, 6.07) is 22.2. The van der Waals surface area contributed by atoms with Gasteiger partial charge in [0.15, 0.2) is 0 Å². The van der Waals surface area contributed by atoms with Gasteiger partial charge < -0.3 is 4.74 Å². The minimum Gasteiger partial charge on any atom is -0.497 e. The van der Waals surface area contributed by atoms with Crippen molar-refractivity contribution in [3.05, 3.63) is 66.2 Å². The quantitative estimate of drug-likeness (QED) is 0.406. The first-order valence-electron chi connectivity index (χ1n) is 8.03. The third-order valence-corrected chi connectivity index (χ3v) is 5.87. The van der Waals surface area contributed by atoms with E-state index in [9.17, 15) is 5.26 Å². The van der Waals surface area contributed by atoms with Gasteiger partial charge in [0.2, 0.25) is 0 Å². The molecular formula is C21H18N2OS2. The van der Waals surface area contributed by atoms with Crippen LogP contribution in [0, 0.1) is 11.3 Å². The monoisotopic (exact) mass is 378 g/mol. The first-order valence-corrected chi connectivity index (χ1v) is 10.4. The highest BCUT2D eigenvalue weighted by atomic mass is 32.2. The lowest BCUT2D eigenvalue weighted by Gasteiger charge is -2.12. The summed E-state index contributed by atoms with van der Waals surface area (Å²) in [4.78, 5) is 4.78. The molecule has 0 atom stereocenters. The van der Waals surface area contributed by atoms with Crippen LogP contribution in [0.15, 0.2) is 65.7 Å². The van der Waals surface area contributed by atoms with Crippen molar-refractivity contribution in [2.24, 2.45) is 0 Å². The Hall–Kier alpha value is -2.42. The largest absolute Gasteiger partial charge is 0.497 e. The van der Waals surface area contributed by atoms with Crippen LogP contribution in [-0.4, -0.2) is 23.4 Å². The number of hydrogen-bond acceptors (Lipinski definition) is 5. The second-order valence-electron chi connectivity index (χ2n) is 5.49. The van der Waals surface area contributed by atoms with E-state index >= 15 is 0 Å². The maximum Gasteiger partial charge on any atom is 0.118 e. The number of benzene rings is 2. The van der Waals surface area contributed by atoms with Crippen LogP contribution in [-0.2, 0) is 0 Å². The Morgan fingerprint density at radius 1 is 1.04 bits per heavy atom. The van der Waals surface area contributed by atoms with E-state index in [2.05, 4.69) is 6.07 Å². The molecule has 0 fully saturated rings. The van der Waals surface area contributed by atoms with Crippen molar-refractivity contribution < 1.29 is 4.74 Å². The van der Waals surface area contributed by atoms with Crippen LogP contribution < -0.4 is 4.74 Å². The Morgan fingerprint density at radius 3 is 2.38 bits per heavy atom. The Morgan fingerprint density at radius 2 is 1.77 bits per heavy atom. The fourth-order valence-corrected chi connectivity index (χ4v) is 3.98. The number of pyridine rings is 1. The van der Waals surface area contributed by atoms with Gasteiger partial charge in [-0.2, -0.15) is 17.0 Å². The summed E-state index contributed by atoms with van der Waals surface area (Å²) in [6.45, 7) is 0. The third kappa shape index (κ3) is 4.04. The summed E-state index contributed by atoms with van der Waals surface area (Å²) in [5.41, 5.74) is 4.42. The van der Waals surface area contributed by atoms with E-state index in [0.29, 0.717) is 5.56 Å². The molecule has 0 spiro atoms. The van der Waals surface area contributed by atoms with Crippen LogP contribution in [0.4, 0.5) is 0 Å². The van der Waals surface area contributed by atoms with Gasteiger partial charge in [0.05, 0.1) is 18.4 Å². The number of rotatable bonds is 6. The standard InChI is InChI=1S/C21H18N2OS2/c1-24-17-10-8-16(9-11-17)20-12-18(15-6-4-3-5-7-15)19(13-22)21(23-20)26-14-25-2/h3-12H,14H2,1-2H3. The molecule has 5 heteroatoms. The number of ether oxygens (including phenoxy) is 1. The lowest BCUT2D eigenvalue weighted by molar-refractivity contribution is 0.415. The smallest absolute Gasteiger partial charge is 0.118 e. The van der Waals surface area contributed by atoms with Crippen molar-refractivity contribution in [3.8, 4) is 34.2 Å². The second-order valence-corrected chi connectivity index (χ2v) is 7.69. The van der Waals surface area contributed by atoms with Crippen molar-refractivity contribution in [1.29, 1.82) is 5.26 Å². The second kappa shape index (κ2) is 8.79. The lowest BCUT2D eigenvalue weighted by atomic mass is 9.99. The van der Waals surface area contributed by atoms with Crippen molar-refractivity contribution in [1.82, 2.24) is 4.98 Å². The first kappa shape index (κ1) is 18.4. The van der Waals surface area contributed by atoms with Crippen LogP contribution >= 0.6 is 23.5 Å². The Labute approximate surface area is 162 Å². The molecular weight excluding hydrogens is 360 g/mol. The van der Waals surface area contributed by atoms with E-state index in [-0.39, 0.29) is 0 Å². The topological polar surface area (TPSA) is 45.9 Å². The minimum atomic E-state index is 0.632. The summed E-state index contributed by atoms with van der Waals surface area (Å²) in [5.74, 6) is 0.808. The van der Waals surface area contributed by atoms with Gasteiger partial charge >= 0.3 is 0 Å². The normalized spacial score (nSPS) is 10.3. The number of methoxy groups -OCH3 is 1. The van der Waals surface area contributed by atoms with Gasteiger partial charge in [0.25, 0.3) is 0 Å². The Kier molecular flexibility index (Phi) is 6.21. The van der Waals surface area contributed by atoms with E-state index in [1.165, 1.54) is 0 Å². The predicted octanol–water partition coefficient (Wildman–Crippen LogP) is 5.71. The predicted molar refractivity (Wildman–Crippen MR) is 111 cm³/mol. The van der Waals surface area contributed by atoms with Gasteiger partial charge in [-0.25, -0.2) is 4.98 Å². The summed E-state index contributed by atoms with van der Waals surface area (Å²) >= 11 is 3.32. The zero-order valence-electron chi connectivity index (χ0n) is 14.6. The zero-order valence-corrected chi connectivity index (χ0v) is 16.2. The first-order chi connectivity index (χ1) is 12.8. The van der Waals surface area contributed by atoms with Crippen molar-refractivity contribution in [2.45, 2.75) is 5.03 Å². The van der Waals surface area contributed by atoms with Crippen LogP contribution in [0.1, 0.15) is 5.56 Å². The highest BCUT2D eigenvalue weighted by Gasteiger charge is 2.15. The third-order valence-electron chi connectivity index (χ3n) is 3.88. The molecule has 0 saturated heterocycles. The average Bonchev–Trinajstić information content (AvgIpc) is 2.72. The maximum atomic E-state index is 9.76. The molecule has 0 N–H and O–H groups in total. The summed E-state index contributed by atoms with van der Waals surface area (Å²) < 4.78 is 5.24. The van der Waals surface area contributed by atoms with Crippen molar-refractivity contribution in [3.63, 3.8) is 0 Å². The highest BCUT2D eigenvalue weighted by molar-refractivity contribution is 8.15. The van der Waals surface area contributed by atoms with E-state index in [1.54, 1.807) is 30.6 Å². The van der Waals surface area contributed by atoms with E-state index in [4.69, 9.17) is 9.72 Å². The maximum absolute atomic E-state index is 9.76. The number of hydrogen-bond donors (Lipinski definition) is 0. The molecule has 0 bridgehead atoms. The van der Waals surface area contributed by atoms with Gasteiger partial charge in [-0.05, 0) is 42.2 Å². The van der Waals surface area contributed by atoms with Crippen LogP contribution in [0.5, 0.6) is 5.75 Å². The Balaban J connectivity index is 2.17. The van der Waals surface area contributed by atoms with Crippen molar-refractivity contribution in [2.75, 3.05) is 18.5 Å². The number of nitrogens with zero attached hydrogens (tertiary/aromatic N) is 2. The number of thioether (sulfide) groups is 2. The molecule has 3 rings (SSSR count). The molecule has 0 amide bonds. The molecule has 0 aliphatic heterocycles. The van der Waals surface area contributed by atoms with E-state index in [1.807, 2.05) is 66.9 Å². The molecule has 130 valence electrons. The zero-order chi connectivity index (χ0) is 18.4. The molecule has 0 unspecified atom stereocenters. The van der Waals surface area contributed by atoms with Crippen LogP contribution in [0.2, 0.25) is 0 Å². The summed E-state index contributed by atoms with van der Waals surface area (Å²) in [5, 5.41) is 11.4. The van der Waals surface area contributed by atoms with E-state index < -0.39 is 0 Å². The molecule has 1 heterocycles. The average molecular weight is 379 g/mol. The molecule has 2 aromatic carbocycles. The molecule has 0 aliphatic rings. The molecule has 1 aromatic heterocycles. The molecule has 0 aliphatic carbocycles. The molecule has 0 saturated carbocycles. The van der Waals surface area contributed by atoms with Gasteiger partial charge in [-0.15, -0.1) is 0 Å². The molecule has 0 radical (unpaired) electrons. The summed E-state index contributed by atoms with van der Waals surface area (Å²) in [6.07, 6.45) is 2.05. The van der Waals surface area contributed by atoms with Crippen LogP contribution in [0.25, 0.3) is 22.4 Å². The van der Waals surface area contributed by atoms with Crippen LogP contribution in [0.3, 0.4) is 0 Å². The Bertz CT molecular complexity index is 919. The number of nitriles is 1. The molecule has 26 heavy (non-hydrogen) atoms. The van der Waals surface area contributed by atoms with Gasteiger partial charge in [-0.3, -0.25) is 0 Å². The lowest BCUT2D eigenvalue weighted by Crippen LogP contribution is -1.96. The minimum absolute atomic E-state index is 0.632. The molecule has 3 nitrogen and oxygen atoms in total. The van der Waals surface area contributed by atoms with Gasteiger partial charge in [0.1, 0.15) is 16.8 Å². The van der Waals surface area contributed by atoms with Gasteiger partial charge in [0, 0.05) is 16.2 Å². The fourth-order valence-electron chi connectivity index (χ4n) is 2.60. The summed E-state index contributed by atoms with van der Waals surface area (Å²) in [7, 11) is 1.65. The SMILES string of the molecule is COc1ccc(-c2cc(-c3ccccc3)c(C#N)c(SCSC)n2)cc1. The molecule has 3 aromatic rings. The fraction of sp³-hybridized carbons (Fsp3) is 0.143. The van der Waals surface area contributed by atoms with E-state index in [0.717, 1.165) is 38.2 Å². The highest BCUT2D eigenvalue weighted by Crippen LogP contribution is 2.35. The van der Waals surface area contributed by atoms with Gasteiger partial charge in [-0.1, -0.05) is 42.1 Å². The number of aromatic nitrogens is 1.